The van der Waals surface area contributed by atoms with Crippen molar-refractivity contribution in [2.24, 2.45) is 0 Å². The summed E-state index contributed by atoms with van der Waals surface area (Å²) < 4.78 is 18.7. The monoisotopic (exact) mass is 348 g/mol. The van der Waals surface area contributed by atoms with Gasteiger partial charge >= 0.3 is 0 Å². The second kappa shape index (κ2) is 6.41. The first kappa shape index (κ1) is 16.0. The standard InChI is InChI=1S/C19H13FN4O2/c20-15-5-2-6-16(9-15)24-11-14(8-17(24)25)18-22-19(26-23-18)13-4-1-3-12(7-13)10-21/h1-7,9,14H,8,11H2. The third kappa shape index (κ3) is 2.93. The first-order valence-corrected chi connectivity index (χ1v) is 8.04. The number of carbonyl (C=O) groups excluding carboxylic acids is 1. The summed E-state index contributed by atoms with van der Waals surface area (Å²) in [6, 6.07) is 14.9. The van der Waals surface area contributed by atoms with E-state index in [0.717, 1.165) is 0 Å². The second-order valence-electron chi connectivity index (χ2n) is 6.04. The summed E-state index contributed by atoms with van der Waals surface area (Å²) in [5.41, 5.74) is 1.66. The number of benzene rings is 2. The van der Waals surface area contributed by atoms with Gasteiger partial charge in [-0.1, -0.05) is 17.3 Å². The van der Waals surface area contributed by atoms with E-state index in [9.17, 15) is 9.18 Å². The lowest BCUT2D eigenvalue weighted by molar-refractivity contribution is -0.117. The van der Waals surface area contributed by atoms with Gasteiger partial charge in [0.15, 0.2) is 5.82 Å². The number of aromatic nitrogens is 2. The number of nitrogens with zero attached hydrogens (tertiary/aromatic N) is 4. The van der Waals surface area contributed by atoms with Crippen molar-refractivity contribution in [1.29, 1.82) is 5.26 Å². The van der Waals surface area contributed by atoms with Gasteiger partial charge in [0.1, 0.15) is 5.82 Å². The molecule has 0 radical (unpaired) electrons. The summed E-state index contributed by atoms with van der Waals surface area (Å²) in [5, 5.41) is 13.0. The molecule has 1 aromatic heterocycles. The average molecular weight is 348 g/mol. The van der Waals surface area contributed by atoms with Gasteiger partial charge in [0.25, 0.3) is 5.89 Å². The minimum absolute atomic E-state index is 0.113. The molecule has 0 saturated carbocycles. The van der Waals surface area contributed by atoms with E-state index in [-0.39, 0.29) is 18.2 Å². The van der Waals surface area contributed by atoms with Crippen LogP contribution in [0.4, 0.5) is 10.1 Å². The van der Waals surface area contributed by atoms with Crippen molar-refractivity contribution in [3.8, 4) is 17.5 Å². The highest BCUT2D eigenvalue weighted by atomic mass is 19.1. The van der Waals surface area contributed by atoms with Crippen molar-refractivity contribution >= 4 is 11.6 Å². The van der Waals surface area contributed by atoms with Crippen LogP contribution in [0.5, 0.6) is 0 Å². The van der Waals surface area contributed by atoms with Gasteiger partial charge in [-0.3, -0.25) is 4.79 Å². The zero-order chi connectivity index (χ0) is 18.1. The lowest BCUT2D eigenvalue weighted by atomic mass is 10.1. The maximum Gasteiger partial charge on any atom is 0.257 e. The molecule has 2 aromatic carbocycles. The van der Waals surface area contributed by atoms with Gasteiger partial charge in [-0.25, -0.2) is 4.39 Å². The Kier molecular flexibility index (Phi) is 3.93. The van der Waals surface area contributed by atoms with Crippen molar-refractivity contribution in [3.63, 3.8) is 0 Å². The predicted molar refractivity (Wildman–Crippen MR) is 90.6 cm³/mol. The lowest BCUT2D eigenvalue weighted by Crippen LogP contribution is -2.24. The van der Waals surface area contributed by atoms with E-state index in [1.165, 1.54) is 17.0 Å². The van der Waals surface area contributed by atoms with Crippen LogP contribution in [-0.2, 0) is 4.79 Å². The number of nitriles is 1. The van der Waals surface area contributed by atoms with E-state index in [1.807, 2.05) is 0 Å². The third-order valence-electron chi connectivity index (χ3n) is 4.29. The molecule has 1 unspecified atom stereocenters. The van der Waals surface area contributed by atoms with Crippen LogP contribution in [0.25, 0.3) is 11.5 Å². The molecule has 1 amide bonds. The van der Waals surface area contributed by atoms with Gasteiger partial charge in [-0.05, 0) is 36.4 Å². The summed E-state index contributed by atoms with van der Waals surface area (Å²) in [6.45, 7) is 0.361. The van der Waals surface area contributed by atoms with Crippen LogP contribution in [0, 0.1) is 17.1 Å². The van der Waals surface area contributed by atoms with E-state index in [2.05, 4.69) is 16.2 Å². The molecule has 7 heteroatoms. The van der Waals surface area contributed by atoms with Crippen LogP contribution in [0.15, 0.2) is 53.1 Å². The van der Waals surface area contributed by atoms with Gasteiger partial charge in [-0.2, -0.15) is 10.2 Å². The Labute approximate surface area is 148 Å². The molecular formula is C19H13FN4O2. The first-order valence-electron chi connectivity index (χ1n) is 8.04. The molecule has 128 valence electrons. The highest BCUT2D eigenvalue weighted by Gasteiger charge is 2.34. The molecule has 0 bridgehead atoms. The summed E-state index contributed by atoms with van der Waals surface area (Å²) in [7, 11) is 0. The maximum atomic E-state index is 13.4. The summed E-state index contributed by atoms with van der Waals surface area (Å²) >= 11 is 0. The Hall–Kier alpha value is -3.53. The van der Waals surface area contributed by atoms with Gasteiger partial charge in [0.05, 0.1) is 11.6 Å². The SMILES string of the molecule is N#Cc1cccc(-c2nc(C3CC(=O)N(c4cccc(F)c4)C3)no2)c1. The Morgan fingerprint density at radius 2 is 2.08 bits per heavy atom. The average Bonchev–Trinajstić information content (AvgIpc) is 3.28. The summed E-state index contributed by atoms with van der Waals surface area (Å²) in [4.78, 5) is 18.2. The number of halogens is 1. The van der Waals surface area contributed by atoms with Crippen LogP contribution >= 0.6 is 0 Å². The normalized spacial score (nSPS) is 16.7. The number of carbonyl (C=O) groups is 1. The molecule has 4 rings (SSSR count). The fourth-order valence-electron chi connectivity index (χ4n) is 3.01. The van der Waals surface area contributed by atoms with E-state index < -0.39 is 5.82 Å². The second-order valence-corrected chi connectivity index (χ2v) is 6.04. The van der Waals surface area contributed by atoms with Crippen molar-refractivity contribution in [3.05, 3.63) is 65.7 Å². The van der Waals surface area contributed by atoms with Crippen LogP contribution in [0.1, 0.15) is 23.7 Å². The van der Waals surface area contributed by atoms with E-state index in [1.54, 1.807) is 36.4 Å². The summed E-state index contributed by atoms with van der Waals surface area (Å²) in [5.74, 6) is -0.0119. The molecular weight excluding hydrogens is 335 g/mol. The number of hydrogen-bond acceptors (Lipinski definition) is 5. The van der Waals surface area contributed by atoms with Crippen molar-refractivity contribution < 1.29 is 13.7 Å². The Morgan fingerprint density at radius 1 is 1.23 bits per heavy atom. The third-order valence-corrected chi connectivity index (χ3v) is 4.29. The van der Waals surface area contributed by atoms with Crippen molar-refractivity contribution in [2.45, 2.75) is 12.3 Å². The largest absolute Gasteiger partial charge is 0.334 e. The molecule has 1 atom stereocenters. The minimum Gasteiger partial charge on any atom is -0.334 e. The minimum atomic E-state index is -0.391. The molecule has 0 aliphatic carbocycles. The number of rotatable bonds is 3. The molecule has 1 saturated heterocycles. The van der Waals surface area contributed by atoms with Gasteiger partial charge in [0, 0.05) is 30.1 Å². The van der Waals surface area contributed by atoms with Gasteiger partial charge in [-0.15, -0.1) is 0 Å². The molecule has 1 aliphatic heterocycles. The van der Waals surface area contributed by atoms with Crippen LogP contribution in [0.3, 0.4) is 0 Å². The zero-order valence-corrected chi connectivity index (χ0v) is 13.6. The van der Waals surface area contributed by atoms with E-state index in [4.69, 9.17) is 9.78 Å². The number of anilines is 1. The fourth-order valence-corrected chi connectivity index (χ4v) is 3.01. The van der Waals surface area contributed by atoms with Crippen LogP contribution < -0.4 is 4.90 Å². The quantitative estimate of drug-likeness (QED) is 0.725. The van der Waals surface area contributed by atoms with E-state index in [0.29, 0.717) is 35.1 Å². The van der Waals surface area contributed by atoms with Crippen molar-refractivity contribution in [2.75, 3.05) is 11.4 Å². The molecule has 2 heterocycles. The molecule has 26 heavy (non-hydrogen) atoms. The molecule has 1 aliphatic rings. The topological polar surface area (TPSA) is 83.0 Å². The van der Waals surface area contributed by atoms with E-state index >= 15 is 0 Å². The maximum absolute atomic E-state index is 13.4. The van der Waals surface area contributed by atoms with Crippen LogP contribution in [0.2, 0.25) is 0 Å². The zero-order valence-electron chi connectivity index (χ0n) is 13.6. The highest BCUT2D eigenvalue weighted by Crippen LogP contribution is 2.31. The number of hydrogen-bond donors (Lipinski definition) is 0. The number of amides is 1. The molecule has 6 nitrogen and oxygen atoms in total. The van der Waals surface area contributed by atoms with Gasteiger partial charge < -0.3 is 9.42 Å². The Bertz CT molecular complexity index is 1020. The Balaban J connectivity index is 1.57. The van der Waals surface area contributed by atoms with Crippen LogP contribution in [-0.4, -0.2) is 22.6 Å². The highest BCUT2D eigenvalue weighted by molar-refractivity contribution is 5.96. The first-order chi connectivity index (χ1) is 12.6. The predicted octanol–water partition coefficient (Wildman–Crippen LogP) is 3.27. The fraction of sp³-hybridized carbons (Fsp3) is 0.158. The molecule has 1 fully saturated rings. The molecule has 3 aromatic rings. The Morgan fingerprint density at radius 3 is 2.88 bits per heavy atom. The smallest absolute Gasteiger partial charge is 0.257 e. The molecule has 0 N–H and O–H groups in total. The lowest BCUT2D eigenvalue weighted by Gasteiger charge is -2.15. The summed E-state index contributed by atoms with van der Waals surface area (Å²) in [6.07, 6.45) is 0.230. The van der Waals surface area contributed by atoms with Crippen molar-refractivity contribution in [1.82, 2.24) is 10.1 Å². The molecule has 0 spiro atoms. The van der Waals surface area contributed by atoms with Gasteiger partial charge in [0.2, 0.25) is 5.91 Å².